The van der Waals surface area contributed by atoms with Crippen LogP contribution >= 0.6 is 15.9 Å². The van der Waals surface area contributed by atoms with E-state index in [0.29, 0.717) is 33.2 Å². The quantitative estimate of drug-likeness (QED) is 0.341. The van der Waals surface area contributed by atoms with Gasteiger partial charge in [0, 0.05) is 22.3 Å². The van der Waals surface area contributed by atoms with Gasteiger partial charge in [0.15, 0.2) is 11.1 Å². The van der Waals surface area contributed by atoms with E-state index in [9.17, 15) is 14.3 Å². The number of fused-ring (bicyclic) bond motifs is 1. The second-order valence-electron chi connectivity index (χ2n) is 7.27. The van der Waals surface area contributed by atoms with Crippen molar-refractivity contribution >= 4 is 33.5 Å². The molecule has 1 aliphatic carbocycles. The molecule has 4 N–H and O–H groups in total. The minimum atomic E-state index is -0.509. The average molecular weight is 486 g/mol. The third-order valence-electron chi connectivity index (χ3n) is 4.85. The normalized spacial score (nSPS) is 15.2. The summed E-state index contributed by atoms with van der Waals surface area (Å²) in [6.45, 7) is 0.423. The standard InChI is InChI=1S/C20H17BrFN7O2/c21-14-6-12(22)2-1-10(14)8-23-16-7-17(25-13-3-4-13)29-18(27-16)11(9-24-29)5-15-19(30)28-20(31)26-15/h1-2,5-7,9,13,23,30H,3-4,8H2,(H2,26,28,31)/b11-5-,25-17?. The number of aromatic nitrogens is 5. The molecule has 158 valence electrons. The van der Waals surface area contributed by atoms with Crippen molar-refractivity contribution in [2.45, 2.75) is 25.4 Å². The number of aromatic amines is 2. The fourth-order valence-corrected chi connectivity index (χ4v) is 3.63. The van der Waals surface area contributed by atoms with E-state index in [2.05, 4.69) is 41.3 Å². The lowest BCUT2D eigenvalue weighted by molar-refractivity contribution is 0.454. The molecule has 11 heteroatoms. The van der Waals surface area contributed by atoms with Crippen LogP contribution in [0, 0.1) is 5.82 Å². The maximum absolute atomic E-state index is 13.4. The molecular weight excluding hydrogens is 469 g/mol. The number of benzene rings is 1. The molecule has 31 heavy (non-hydrogen) atoms. The zero-order valence-electron chi connectivity index (χ0n) is 16.1. The molecule has 0 bridgehead atoms. The Morgan fingerprint density at radius 2 is 2.19 bits per heavy atom. The van der Waals surface area contributed by atoms with Gasteiger partial charge in [-0.2, -0.15) is 9.61 Å². The topological polar surface area (TPSA) is 123 Å². The van der Waals surface area contributed by atoms with Gasteiger partial charge < -0.3 is 15.4 Å². The van der Waals surface area contributed by atoms with Crippen molar-refractivity contribution in [3.05, 3.63) is 73.2 Å². The van der Waals surface area contributed by atoms with Crippen LogP contribution in [0.3, 0.4) is 0 Å². The minimum Gasteiger partial charge on any atom is -0.493 e. The Bertz CT molecular complexity index is 1470. The van der Waals surface area contributed by atoms with Crippen molar-refractivity contribution in [1.82, 2.24) is 24.6 Å². The van der Waals surface area contributed by atoms with E-state index < -0.39 is 5.69 Å². The molecule has 0 aliphatic heterocycles. The van der Waals surface area contributed by atoms with Crippen molar-refractivity contribution in [2.75, 3.05) is 5.32 Å². The van der Waals surface area contributed by atoms with Crippen LogP contribution in [-0.4, -0.2) is 35.7 Å². The summed E-state index contributed by atoms with van der Waals surface area (Å²) in [5, 5.41) is 18.1. The van der Waals surface area contributed by atoms with Gasteiger partial charge >= 0.3 is 5.69 Å². The molecule has 1 aliphatic rings. The second kappa shape index (κ2) is 7.65. The number of aromatic hydroxyl groups is 1. The number of hydrogen-bond donors (Lipinski definition) is 4. The van der Waals surface area contributed by atoms with E-state index in [1.165, 1.54) is 12.1 Å². The molecule has 4 aromatic rings. The molecule has 0 saturated heterocycles. The molecule has 0 amide bonds. The molecule has 1 saturated carbocycles. The predicted molar refractivity (Wildman–Crippen MR) is 115 cm³/mol. The van der Waals surface area contributed by atoms with Gasteiger partial charge in [0.25, 0.3) is 0 Å². The Hall–Kier alpha value is -3.47. The van der Waals surface area contributed by atoms with E-state index >= 15 is 0 Å². The van der Waals surface area contributed by atoms with E-state index in [0.717, 1.165) is 18.4 Å². The van der Waals surface area contributed by atoms with E-state index in [-0.39, 0.29) is 23.4 Å². The first-order valence-electron chi connectivity index (χ1n) is 9.60. The van der Waals surface area contributed by atoms with E-state index in [1.54, 1.807) is 22.9 Å². The Kier molecular flexibility index (Phi) is 4.81. The number of hydrogen-bond acceptors (Lipinski definition) is 6. The van der Waals surface area contributed by atoms with Crippen LogP contribution in [0.4, 0.5) is 10.2 Å². The van der Waals surface area contributed by atoms with Crippen molar-refractivity contribution in [2.24, 2.45) is 4.99 Å². The third-order valence-corrected chi connectivity index (χ3v) is 5.59. The number of nitrogens with one attached hydrogen (secondary N) is 3. The highest BCUT2D eigenvalue weighted by atomic mass is 79.9. The third kappa shape index (κ3) is 4.08. The summed E-state index contributed by atoms with van der Waals surface area (Å²) in [6, 6.07) is 6.60. The van der Waals surface area contributed by atoms with Gasteiger partial charge in [-0.15, -0.1) is 0 Å². The highest BCUT2D eigenvalue weighted by Crippen LogP contribution is 2.23. The minimum absolute atomic E-state index is 0.232. The Morgan fingerprint density at radius 3 is 2.90 bits per heavy atom. The van der Waals surface area contributed by atoms with Gasteiger partial charge in [-0.05, 0) is 36.6 Å². The largest absolute Gasteiger partial charge is 0.493 e. The molecule has 0 unspecified atom stereocenters. The van der Waals surface area contributed by atoms with Gasteiger partial charge in [0.05, 0.1) is 12.2 Å². The monoisotopic (exact) mass is 485 g/mol. The summed E-state index contributed by atoms with van der Waals surface area (Å²) >= 11 is 3.37. The van der Waals surface area contributed by atoms with Crippen LogP contribution in [0.25, 0.3) is 11.7 Å². The number of anilines is 1. The zero-order valence-corrected chi connectivity index (χ0v) is 17.6. The summed E-state index contributed by atoms with van der Waals surface area (Å²) in [6.07, 6.45) is 5.25. The molecule has 5 rings (SSSR count). The molecule has 9 nitrogen and oxygen atoms in total. The maximum atomic E-state index is 13.4. The summed E-state index contributed by atoms with van der Waals surface area (Å²) in [7, 11) is 0. The van der Waals surface area contributed by atoms with Crippen molar-refractivity contribution in [1.29, 1.82) is 0 Å². The lowest BCUT2D eigenvalue weighted by atomic mass is 10.2. The lowest BCUT2D eigenvalue weighted by Crippen LogP contribution is -2.20. The number of H-pyrrole nitrogens is 2. The number of rotatable bonds is 5. The first kappa shape index (κ1) is 19.5. The smallest absolute Gasteiger partial charge is 0.326 e. The lowest BCUT2D eigenvalue weighted by Gasteiger charge is -2.08. The molecular formula is C20H17BrFN7O2. The SMILES string of the molecule is O=c1[nH]c(O)c(/C=c2/cnn3c(=NC4CC4)cc(NCc4ccc(F)cc4Br)nc23)[nH]1. The van der Waals surface area contributed by atoms with Gasteiger partial charge in [0.2, 0.25) is 5.88 Å². The van der Waals surface area contributed by atoms with Crippen LogP contribution < -0.4 is 21.7 Å². The van der Waals surface area contributed by atoms with Crippen LogP contribution in [0.2, 0.25) is 0 Å². The molecule has 0 radical (unpaired) electrons. The van der Waals surface area contributed by atoms with E-state index in [1.807, 2.05) is 6.07 Å². The molecule has 0 atom stereocenters. The van der Waals surface area contributed by atoms with Gasteiger partial charge in [-0.3, -0.25) is 9.98 Å². The Labute approximate surface area is 182 Å². The van der Waals surface area contributed by atoms with Gasteiger partial charge in [0.1, 0.15) is 17.3 Å². The molecule has 3 aromatic heterocycles. The fraction of sp³-hybridized carbons (Fsp3) is 0.200. The van der Waals surface area contributed by atoms with Crippen molar-refractivity contribution < 1.29 is 9.50 Å². The van der Waals surface area contributed by atoms with Crippen LogP contribution in [-0.2, 0) is 6.54 Å². The summed E-state index contributed by atoms with van der Waals surface area (Å²) in [5.41, 5.74) is 1.77. The zero-order chi connectivity index (χ0) is 21.5. The Morgan fingerprint density at radius 1 is 1.35 bits per heavy atom. The molecule has 1 fully saturated rings. The number of imidazole rings is 1. The molecule has 3 heterocycles. The summed E-state index contributed by atoms with van der Waals surface area (Å²) < 4.78 is 15.6. The second-order valence-corrected chi connectivity index (χ2v) is 8.12. The molecule has 0 spiro atoms. The summed E-state index contributed by atoms with van der Waals surface area (Å²) in [5.74, 6) is -0.00100. The summed E-state index contributed by atoms with van der Waals surface area (Å²) in [4.78, 5) is 25.6. The Balaban J connectivity index is 1.58. The van der Waals surface area contributed by atoms with Crippen LogP contribution in [0.5, 0.6) is 5.88 Å². The first-order valence-corrected chi connectivity index (χ1v) is 10.4. The van der Waals surface area contributed by atoms with E-state index in [4.69, 9.17) is 4.99 Å². The highest BCUT2D eigenvalue weighted by Gasteiger charge is 2.20. The number of halogens is 2. The predicted octanol–water partition coefficient (Wildman–Crippen LogP) is 1.58. The van der Waals surface area contributed by atoms with Crippen molar-refractivity contribution in [3.63, 3.8) is 0 Å². The molecule has 1 aromatic carbocycles. The average Bonchev–Trinajstić information content (AvgIpc) is 3.36. The highest BCUT2D eigenvalue weighted by molar-refractivity contribution is 9.10. The number of nitrogens with zero attached hydrogens (tertiary/aromatic N) is 4. The van der Waals surface area contributed by atoms with Crippen molar-refractivity contribution in [3.8, 4) is 5.88 Å². The van der Waals surface area contributed by atoms with Crippen LogP contribution in [0.1, 0.15) is 24.1 Å². The van der Waals surface area contributed by atoms with Gasteiger partial charge in [-0.1, -0.05) is 22.0 Å². The van der Waals surface area contributed by atoms with Gasteiger partial charge in [-0.25, -0.2) is 14.2 Å². The fourth-order valence-electron chi connectivity index (χ4n) is 3.14. The van der Waals surface area contributed by atoms with Crippen LogP contribution in [0.15, 0.2) is 44.7 Å². The maximum Gasteiger partial charge on any atom is 0.326 e. The first-order chi connectivity index (χ1) is 15.0.